The Morgan fingerprint density at radius 3 is 1.43 bits per heavy atom. The first-order chi connectivity index (χ1) is 32.0. The molecule has 0 bridgehead atoms. The van der Waals surface area contributed by atoms with Crippen LogP contribution in [0.25, 0.3) is 87.6 Å². The zero-order valence-corrected chi connectivity index (χ0v) is 37.3. The Morgan fingerprint density at radius 2 is 0.846 bits per heavy atom. The van der Waals surface area contributed by atoms with Gasteiger partial charge in [0.1, 0.15) is 11.2 Å². The van der Waals surface area contributed by atoms with Crippen LogP contribution in [0.4, 0.5) is 0 Å². The predicted octanol–water partition coefficient (Wildman–Crippen LogP) is 14.1. The molecule has 0 amide bonds. The molecule has 0 N–H and O–H groups in total. The van der Waals surface area contributed by atoms with Crippen LogP contribution in [0.2, 0.25) is 0 Å². The van der Waals surface area contributed by atoms with E-state index in [4.69, 9.17) is 4.42 Å². The van der Waals surface area contributed by atoms with Crippen LogP contribution in [0.5, 0.6) is 0 Å². The minimum Gasteiger partial charge on any atom is -0.456 e. The van der Waals surface area contributed by atoms with Gasteiger partial charge in [-0.25, -0.2) is 0 Å². The summed E-state index contributed by atoms with van der Waals surface area (Å²) in [5.74, 6) is 0. The van der Waals surface area contributed by atoms with Gasteiger partial charge in [-0.05, 0) is 116 Å². The maximum atomic E-state index is 7.01. The summed E-state index contributed by atoms with van der Waals surface area (Å²) in [6.07, 6.45) is 0. The van der Waals surface area contributed by atoms with E-state index in [0.717, 1.165) is 22.1 Å². The van der Waals surface area contributed by atoms with E-state index in [-0.39, 0.29) is 5.41 Å². The van der Waals surface area contributed by atoms with Crippen molar-refractivity contribution in [3.63, 3.8) is 0 Å². The SMILES string of the molecule is CC1(C)c2cc(-c3c4ccccc4c(-c4cc([Si](c5ccccc5)(c5ccccc5)c5ccccc5)c5c(c4)oc4ccccc45)c4ccccc34)ccc2-c2c1ccc1ccccc21. The minimum absolute atomic E-state index is 0.151. The number of fused-ring (bicyclic) bond motifs is 10. The third-order valence-electron chi connectivity index (χ3n) is 14.6. The summed E-state index contributed by atoms with van der Waals surface area (Å²) >= 11 is 0. The van der Waals surface area contributed by atoms with Crippen LogP contribution in [-0.2, 0) is 5.41 Å². The largest absolute Gasteiger partial charge is 0.456 e. The van der Waals surface area contributed by atoms with Crippen molar-refractivity contribution in [2.24, 2.45) is 0 Å². The zero-order valence-electron chi connectivity index (χ0n) is 36.3. The zero-order chi connectivity index (χ0) is 43.3. The smallest absolute Gasteiger partial charge is 0.180 e. The highest BCUT2D eigenvalue weighted by Gasteiger charge is 2.44. The molecule has 0 aliphatic heterocycles. The topological polar surface area (TPSA) is 13.1 Å². The number of hydrogen-bond acceptors (Lipinski definition) is 1. The second-order valence-electron chi connectivity index (χ2n) is 18.3. The molecule has 2 heteroatoms. The summed E-state index contributed by atoms with van der Waals surface area (Å²) in [6, 6.07) is 86.1. The van der Waals surface area contributed by atoms with Crippen molar-refractivity contribution in [2.45, 2.75) is 19.3 Å². The number of hydrogen-bond donors (Lipinski definition) is 0. The molecule has 1 aliphatic rings. The molecule has 0 saturated heterocycles. The number of benzene rings is 11. The summed E-state index contributed by atoms with van der Waals surface area (Å²) in [7, 11) is -3.04. The van der Waals surface area contributed by atoms with Crippen molar-refractivity contribution in [3.05, 3.63) is 242 Å². The van der Waals surface area contributed by atoms with Gasteiger partial charge in [0.05, 0.1) is 0 Å². The second-order valence-corrected chi connectivity index (χ2v) is 22.0. The molecule has 0 unspecified atom stereocenters. The van der Waals surface area contributed by atoms with Crippen LogP contribution in [0, 0.1) is 0 Å². The predicted molar refractivity (Wildman–Crippen MR) is 278 cm³/mol. The van der Waals surface area contributed by atoms with E-state index in [2.05, 4.69) is 244 Å². The second kappa shape index (κ2) is 14.4. The van der Waals surface area contributed by atoms with Crippen LogP contribution in [0.1, 0.15) is 25.0 Å². The van der Waals surface area contributed by atoms with Crippen LogP contribution in [0.3, 0.4) is 0 Å². The third kappa shape index (κ3) is 5.44. The molecule has 0 radical (unpaired) electrons. The lowest BCUT2D eigenvalue weighted by Gasteiger charge is -2.35. The van der Waals surface area contributed by atoms with Gasteiger partial charge in [-0.2, -0.15) is 0 Å². The Kier molecular flexibility index (Phi) is 8.34. The Balaban J connectivity index is 1.13. The summed E-state index contributed by atoms with van der Waals surface area (Å²) in [4.78, 5) is 0. The van der Waals surface area contributed by atoms with Gasteiger partial charge >= 0.3 is 0 Å². The molecule has 0 atom stereocenters. The third-order valence-corrected chi connectivity index (χ3v) is 19.4. The van der Waals surface area contributed by atoms with Crippen LogP contribution in [-0.4, -0.2) is 8.07 Å². The van der Waals surface area contributed by atoms with Gasteiger partial charge in [0.15, 0.2) is 8.07 Å². The van der Waals surface area contributed by atoms with Gasteiger partial charge in [0.2, 0.25) is 0 Å². The van der Waals surface area contributed by atoms with Gasteiger partial charge in [-0.15, -0.1) is 0 Å². The summed E-state index contributed by atoms with van der Waals surface area (Å²) in [5, 5.41) is 15.2. The summed E-state index contributed by atoms with van der Waals surface area (Å²) in [5.41, 5.74) is 12.0. The van der Waals surface area contributed by atoms with Crippen LogP contribution < -0.4 is 20.7 Å². The molecular weight excluding hydrogens is 801 g/mol. The molecule has 12 aromatic rings. The van der Waals surface area contributed by atoms with E-state index in [0.29, 0.717) is 0 Å². The van der Waals surface area contributed by atoms with E-state index < -0.39 is 8.07 Å². The van der Waals surface area contributed by atoms with Crippen molar-refractivity contribution < 1.29 is 4.42 Å². The van der Waals surface area contributed by atoms with Crippen molar-refractivity contribution in [1.29, 1.82) is 0 Å². The van der Waals surface area contributed by atoms with E-state index in [1.165, 1.54) is 97.4 Å². The quantitative estimate of drug-likeness (QED) is 0.0923. The molecule has 0 fully saturated rings. The fraction of sp³-hybridized carbons (Fsp3) is 0.0476. The van der Waals surface area contributed by atoms with Gasteiger partial charge in [0.25, 0.3) is 0 Å². The number of furan rings is 1. The molecule has 1 aliphatic carbocycles. The van der Waals surface area contributed by atoms with E-state index >= 15 is 0 Å². The average molecular weight is 845 g/mol. The lowest BCUT2D eigenvalue weighted by atomic mass is 9.80. The first kappa shape index (κ1) is 37.7. The van der Waals surface area contributed by atoms with E-state index in [1.54, 1.807) is 0 Å². The van der Waals surface area contributed by atoms with Gasteiger partial charge in [0, 0.05) is 16.2 Å². The van der Waals surface area contributed by atoms with Gasteiger partial charge in [-0.3, -0.25) is 0 Å². The maximum Gasteiger partial charge on any atom is 0.180 e. The van der Waals surface area contributed by atoms with Gasteiger partial charge in [-0.1, -0.05) is 226 Å². The monoisotopic (exact) mass is 844 g/mol. The average Bonchev–Trinajstić information content (AvgIpc) is 3.85. The summed E-state index contributed by atoms with van der Waals surface area (Å²) in [6.45, 7) is 4.79. The van der Waals surface area contributed by atoms with Crippen molar-refractivity contribution in [1.82, 2.24) is 0 Å². The first-order valence-electron chi connectivity index (χ1n) is 22.8. The Labute approximate surface area is 379 Å². The van der Waals surface area contributed by atoms with Crippen LogP contribution in [0.15, 0.2) is 235 Å². The molecule has 0 spiro atoms. The molecule has 1 heterocycles. The Bertz CT molecular complexity index is 3690. The number of para-hydroxylation sites is 1. The molecule has 65 heavy (non-hydrogen) atoms. The molecular formula is C63H44OSi. The lowest BCUT2D eigenvalue weighted by Crippen LogP contribution is -2.74. The molecule has 0 saturated carbocycles. The highest BCUT2D eigenvalue weighted by atomic mass is 28.3. The highest BCUT2D eigenvalue weighted by molar-refractivity contribution is 7.20. The fourth-order valence-corrected chi connectivity index (χ4v) is 16.8. The van der Waals surface area contributed by atoms with Crippen molar-refractivity contribution >= 4 is 83.1 Å². The molecule has 306 valence electrons. The van der Waals surface area contributed by atoms with Crippen molar-refractivity contribution in [2.75, 3.05) is 0 Å². The first-order valence-corrected chi connectivity index (χ1v) is 24.8. The Morgan fingerprint density at radius 1 is 0.354 bits per heavy atom. The van der Waals surface area contributed by atoms with Crippen molar-refractivity contribution in [3.8, 4) is 33.4 Å². The minimum atomic E-state index is -3.04. The maximum absolute atomic E-state index is 7.01. The Hall–Kier alpha value is -7.78. The molecule has 1 nitrogen and oxygen atoms in total. The molecule has 1 aromatic heterocycles. The van der Waals surface area contributed by atoms with Gasteiger partial charge < -0.3 is 4.42 Å². The van der Waals surface area contributed by atoms with E-state index in [9.17, 15) is 0 Å². The highest BCUT2D eigenvalue weighted by Crippen LogP contribution is 2.53. The fourth-order valence-electron chi connectivity index (χ4n) is 11.7. The number of rotatable bonds is 6. The molecule has 13 rings (SSSR count). The van der Waals surface area contributed by atoms with Crippen LogP contribution >= 0.6 is 0 Å². The molecule has 11 aromatic carbocycles. The normalized spacial score (nSPS) is 13.2. The van der Waals surface area contributed by atoms with E-state index in [1.807, 2.05) is 0 Å². The summed E-state index contributed by atoms with van der Waals surface area (Å²) < 4.78 is 7.01. The lowest BCUT2D eigenvalue weighted by molar-refractivity contribution is 0.661. The standard InChI is InChI=1S/C63H44OSi/c1-63(2)54-37-35-41-20-12-13-27-47(41)61(54)52-36-34-42(38-55(52)63)59-48-28-14-16-30-50(48)60(51-31-17-15-29-49(51)59)43-39-57-62(53-32-18-19-33-56(53)64-57)58(40-43)65(44-21-6-3-7-22-44,45-23-8-4-9-24-45)46-25-10-5-11-26-46/h3-40H,1-2H3.